The summed E-state index contributed by atoms with van der Waals surface area (Å²) in [7, 11) is 1.63. The van der Waals surface area contributed by atoms with Crippen LogP contribution in [0, 0.1) is 0 Å². The van der Waals surface area contributed by atoms with Gasteiger partial charge in [0.1, 0.15) is 5.75 Å². The van der Waals surface area contributed by atoms with E-state index in [1.807, 2.05) is 6.07 Å². The Labute approximate surface area is 140 Å². The van der Waals surface area contributed by atoms with Crippen molar-refractivity contribution < 1.29 is 14.9 Å². The van der Waals surface area contributed by atoms with Crippen molar-refractivity contribution >= 4 is 23.2 Å². The minimum Gasteiger partial charge on any atom is -0.496 e. The van der Waals surface area contributed by atoms with Crippen molar-refractivity contribution in [3.05, 3.63) is 27.7 Å². The maximum Gasteiger partial charge on any atom is 0.123 e. The van der Waals surface area contributed by atoms with Gasteiger partial charge in [0.05, 0.1) is 29.4 Å². The van der Waals surface area contributed by atoms with Crippen molar-refractivity contribution in [2.24, 2.45) is 0 Å². The largest absolute Gasteiger partial charge is 0.496 e. The van der Waals surface area contributed by atoms with Crippen LogP contribution < -0.4 is 4.74 Å². The van der Waals surface area contributed by atoms with Gasteiger partial charge in [0.25, 0.3) is 0 Å². The molecule has 2 saturated heterocycles. The van der Waals surface area contributed by atoms with Gasteiger partial charge in [-0.25, -0.2) is 0 Å². The molecular weight excluding hydrogens is 325 g/mol. The molecule has 4 nitrogen and oxygen atoms in total. The fourth-order valence-electron chi connectivity index (χ4n) is 3.82. The highest BCUT2D eigenvalue weighted by atomic mass is 35.5. The van der Waals surface area contributed by atoms with Crippen LogP contribution in [0.25, 0.3) is 0 Å². The van der Waals surface area contributed by atoms with Crippen LogP contribution in [-0.2, 0) is 0 Å². The Balaban J connectivity index is 1.86. The van der Waals surface area contributed by atoms with Crippen LogP contribution in [0.2, 0.25) is 10.0 Å². The Morgan fingerprint density at radius 3 is 2.86 bits per heavy atom. The number of fused-ring (bicyclic) bond motifs is 1. The van der Waals surface area contributed by atoms with E-state index in [4.69, 9.17) is 27.9 Å². The van der Waals surface area contributed by atoms with E-state index in [0.717, 1.165) is 30.8 Å². The van der Waals surface area contributed by atoms with Gasteiger partial charge in [-0.3, -0.25) is 4.90 Å². The molecule has 0 aliphatic carbocycles. The molecule has 22 heavy (non-hydrogen) atoms. The summed E-state index contributed by atoms with van der Waals surface area (Å²) >= 11 is 12.6. The molecule has 3 rings (SSSR count). The molecule has 2 aliphatic rings. The quantitative estimate of drug-likeness (QED) is 0.884. The molecule has 2 aliphatic heterocycles. The fourth-order valence-corrected chi connectivity index (χ4v) is 4.30. The Morgan fingerprint density at radius 1 is 1.41 bits per heavy atom. The summed E-state index contributed by atoms with van der Waals surface area (Å²) in [5.74, 6) is 0.990. The fraction of sp³-hybridized carbons (Fsp3) is 0.625. The number of halogens is 2. The summed E-state index contributed by atoms with van der Waals surface area (Å²) in [5, 5.41) is 20.8. The first-order valence-electron chi connectivity index (χ1n) is 7.56. The second kappa shape index (κ2) is 6.17. The third-order valence-electron chi connectivity index (χ3n) is 5.02. The van der Waals surface area contributed by atoms with E-state index in [1.54, 1.807) is 13.2 Å². The summed E-state index contributed by atoms with van der Waals surface area (Å²) in [6.07, 6.45) is 2.09. The lowest BCUT2D eigenvalue weighted by Crippen LogP contribution is -2.49. The van der Waals surface area contributed by atoms with Gasteiger partial charge in [0, 0.05) is 30.6 Å². The van der Waals surface area contributed by atoms with E-state index < -0.39 is 5.60 Å². The predicted octanol–water partition coefficient (Wildman–Crippen LogP) is 2.68. The number of ether oxygens (including phenoxy) is 1. The molecule has 122 valence electrons. The lowest BCUT2D eigenvalue weighted by molar-refractivity contribution is -0.0709. The molecule has 6 heteroatoms. The maximum absolute atomic E-state index is 10.3. The van der Waals surface area contributed by atoms with Gasteiger partial charge in [-0.2, -0.15) is 0 Å². The number of methoxy groups -OCH3 is 1. The molecule has 2 fully saturated rings. The highest BCUT2D eigenvalue weighted by molar-refractivity contribution is 6.42. The van der Waals surface area contributed by atoms with Gasteiger partial charge in [-0.1, -0.05) is 23.2 Å². The monoisotopic (exact) mass is 345 g/mol. The van der Waals surface area contributed by atoms with Crippen LogP contribution in [-0.4, -0.2) is 53.6 Å². The zero-order valence-corrected chi connectivity index (χ0v) is 14.1. The molecule has 3 atom stereocenters. The molecule has 2 N–H and O–H groups in total. The zero-order valence-electron chi connectivity index (χ0n) is 12.6. The second-order valence-electron chi connectivity index (χ2n) is 6.40. The molecule has 0 saturated carbocycles. The summed E-state index contributed by atoms with van der Waals surface area (Å²) in [5.41, 5.74) is 0.0109. The number of aliphatic hydroxyl groups excluding tert-OH is 1. The standard InChI is InChI=1S/C16H21Cl2NO3/c1-22-13-3-2-12(17)15(18)14(13)10-6-11-7-16(21,9-20)4-5-19(11)8-10/h2-3,10-11,20-21H,4-9H2,1H3/t10-,11-,16?/m0/s1. The van der Waals surface area contributed by atoms with Gasteiger partial charge in [-0.15, -0.1) is 0 Å². The van der Waals surface area contributed by atoms with Crippen LogP contribution in [0.15, 0.2) is 12.1 Å². The third kappa shape index (κ3) is 2.83. The van der Waals surface area contributed by atoms with E-state index in [9.17, 15) is 10.2 Å². The number of hydrogen-bond acceptors (Lipinski definition) is 4. The molecule has 2 heterocycles. The third-order valence-corrected chi connectivity index (χ3v) is 5.84. The highest BCUT2D eigenvalue weighted by Crippen LogP contribution is 2.45. The number of hydrogen-bond donors (Lipinski definition) is 2. The van der Waals surface area contributed by atoms with Crippen molar-refractivity contribution in [3.8, 4) is 5.75 Å². The SMILES string of the molecule is COc1ccc(Cl)c(Cl)c1[C@H]1C[C@H]2CC(O)(CO)CCN2C1. The Morgan fingerprint density at radius 2 is 2.18 bits per heavy atom. The first-order chi connectivity index (χ1) is 10.5. The maximum atomic E-state index is 10.3. The van der Waals surface area contributed by atoms with Gasteiger partial charge in [0.2, 0.25) is 0 Å². The van der Waals surface area contributed by atoms with E-state index in [1.165, 1.54) is 0 Å². The molecule has 1 unspecified atom stereocenters. The minimum absolute atomic E-state index is 0.177. The normalized spacial score (nSPS) is 32.0. The Hall–Kier alpha value is -0.520. The van der Waals surface area contributed by atoms with E-state index in [0.29, 0.717) is 22.9 Å². The Kier molecular flexibility index (Phi) is 4.59. The lowest BCUT2D eigenvalue weighted by Gasteiger charge is -2.39. The average Bonchev–Trinajstić information content (AvgIpc) is 2.92. The molecule has 1 aromatic rings. The molecule has 0 radical (unpaired) electrons. The van der Waals surface area contributed by atoms with Crippen LogP contribution in [0.3, 0.4) is 0 Å². The number of piperidine rings is 1. The van der Waals surface area contributed by atoms with Crippen molar-refractivity contribution in [1.29, 1.82) is 0 Å². The van der Waals surface area contributed by atoms with Crippen LogP contribution in [0.5, 0.6) is 5.75 Å². The van der Waals surface area contributed by atoms with Crippen molar-refractivity contribution in [2.75, 3.05) is 26.8 Å². The summed E-state index contributed by atoms with van der Waals surface area (Å²) < 4.78 is 5.46. The van der Waals surface area contributed by atoms with Gasteiger partial charge in [0.15, 0.2) is 0 Å². The molecule has 0 aromatic heterocycles. The Bertz CT molecular complexity index is 569. The minimum atomic E-state index is -0.946. The molecule has 1 aromatic carbocycles. The first kappa shape index (κ1) is 16.3. The topological polar surface area (TPSA) is 52.9 Å². The number of aliphatic hydroxyl groups is 2. The number of rotatable bonds is 3. The highest BCUT2D eigenvalue weighted by Gasteiger charge is 2.44. The van der Waals surface area contributed by atoms with Gasteiger partial charge >= 0.3 is 0 Å². The number of nitrogens with zero attached hydrogens (tertiary/aromatic N) is 1. The van der Waals surface area contributed by atoms with Crippen LogP contribution >= 0.6 is 23.2 Å². The molecule has 0 amide bonds. The molecule has 0 spiro atoms. The van der Waals surface area contributed by atoms with Gasteiger partial charge < -0.3 is 14.9 Å². The molecule has 0 bridgehead atoms. The van der Waals surface area contributed by atoms with E-state index in [2.05, 4.69) is 4.90 Å². The van der Waals surface area contributed by atoms with Crippen molar-refractivity contribution in [2.45, 2.75) is 36.8 Å². The van der Waals surface area contributed by atoms with E-state index in [-0.39, 0.29) is 18.6 Å². The van der Waals surface area contributed by atoms with E-state index >= 15 is 0 Å². The first-order valence-corrected chi connectivity index (χ1v) is 8.32. The van der Waals surface area contributed by atoms with Crippen LogP contribution in [0.1, 0.15) is 30.7 Å². The number of benzene rings is 1. The predicted molar refractivity (Wildman–Crippen MR) is 87.0 cm³/mol. The zero-order chi connectivity index (χ0) is 15.9. The average molecular weight is 346 g/mol. The molecular formula is C16H21Cl2NO3. The van der Waals surface area contributed by atoms with Gasteiger partial charge in [-0.05, 0) is 31.4 Å². The van der Waals surface area contributed by atoms with Crippen LogP contribution in [0.4, 0.5) is 0 Å². The summed E-state index contributed by atoms with van der Waals surface area (Å²) in [4.78, 5) is 2.37. The smallest absolute Gasteiger partial charge is 0.123 e. The second-order valence-corrected chi connectivity index (χ2v) is 7.18. The summed E-state index contributed by atoms with van der Waals surface area (Å²) in [6.45, 7) is 1.49. The van der Waals surface area contributed by atoms with Crippen molar-refractivity contribution in [1.82, 2.24) is 4.90 Å². The summed E-state index contributed by atoms with van der Waals surface area (Å²) in [6, 6.07) is 3.86. The van der Waals surface area contributed by atoms with Crippen molar-refractivity contribution in [3.63, 3.8) is 0 Å². The lowest BCUT2D eigenvalue weighted by atomic mass is 9.86.